The topological polar surface area (TPSA) is 81.2 Å². The zero-order valence-corrected chi connectivity index (χ0v) is 15.6. The van der Waals surface area contributed by atoms with Crippen LogP contribution in [0.2, 0.25) is 0 Å². The molecule has 0 spiro atoms. The van der Waals surface area contributed by atoms with E-state index in [4.69, 9.17) is 0 Å². The average molecular weight is 357 g/mol. The van der Waals surface area contributed by atoms with Crippen LogP contribution in [0.1, 0.15) is 26.7 Å². The molecule has 26 heavy (non-hydrogen) atoms. The molecule has 0 aromatic carbocycles. The zero-order valence-electron chi connectivity index (χ0n) is 15.6. The molecule has 1 amide bonds. The molecule has 2 fully saturated rings. The second-order valence-electron chi connectivity index (χ2n) is 7.54. The number of carbonyl (C=O) groups excluding carboxylic acids is 1. The minimum absolute atomic E-state index is 0.149. The molecule has 2 aromatic rings. The highest BCUT2D eigenvalue weighted by molar-refractivity contribution is 5.83. The number of aromatic amines is 1. The summed E-state index contributed by atoms with van der Waals surface area (Å²) in [5.74, 6) is 1.35. The van der Waals surface area contributed by atoms with Gasteiger partial charge in [-0.25, -0.2) is 15.0 Å². The second-order valence-corrected chi connectivity index (χ2v) is 7.54. The van der Waals surface area contributed by atoms with Gasteiger partial charge in [-0.05, 0) is 33.2 Å². The highest BCUT2D eigenvalue weighted by Crippen LogP contribution is 2.24. The molecule has 8 heteroatoms. The Kier molecular flexibility index (Phi) is 4.76. The van der Waals surface area contributed by atoms with Crippen LogP contribution in [0.5, 0.6) is 0 Å². The number of anilines is 1. The van der Waals surface area contributed by atoms with E-state index in [9.17, 15) is 4.79 Å². The monoisotopic (exact) mass is 357 g/mol. The minimum atomic E-state index is 0.149. The Morgan fingerprint density at radius 2 is 1.96 bits per heavy atom. The molecule has 4 rings (SSSR count). The first-order valence-electron chi connectivity index (χ1n) is 9.55. The third kappa shape index (κ3) is 3.25. The highest BCUT2D eigenvalue weighted by Gasteiger charge is 2.32. The van der Waals surface area contributed by atoms with Gasteiger partial charge in [-0.1, -0.05) is 0 Å². The van der Waals surface area contributed by atoms with Crippen LogP contribution in [-0.4, -0.2) is 81.0 Å². The number of imidazole rings is 1. The highest BCUT2D eigenvalue weighted by atomic mass is 16.2. The summed E-state index contributed by atoms with van der Waals surface area (Å²) in [4.78, 5) is 35.6. The molecule has 2 aromatic heterocycles. The first-order chi connectivity index (χ1) is 12.6. The lowest BCUT2D eigenvalue weighted by Gasteiger charge is -2.40. The Morgan fingerprint density at radius 1 is 1.15 bits per heavy atom. The lowest BCUT2D eigenvalue weighted by Crippen LogP contribution is -2.53. The van der Waals surface area contributed by atoms with Crippen molar-refractivity contribution in [2.45, 2.75) is 32.7 Å². The fourth-order valence-corrected chi connectivity index (χ4v) is 4.07. The maximum absolute atomic E-state index is 13.0. The molecule has 8 nitrogen and oxygen atoms in total. The van der Waals surface area contributed by atoms with Crippen LogP contribution in [0.25, 0.3) is 11.2 Å². The summed E-state index contributed by atoms with van der Waals surface area (Å²) in [5, 5.41) is 0. The van der Waals surface area contributed by atoms with Gasteiger partial charge in [0.15, 0.2) is 11.5 Å². The van der Waals surface area contributed by atoms with E-state index in [2.05, 4.69) is 43.6 Å². The quantitative estimate of drug-likeness (QED) is 0.887. The molecule has 1 N–H and O–H groups in total. The summed E-state index contributed by atoms with van der Waals surface area (Å²) in [7, 11) is 0. The fraction of sp³-hybridized carbons (Fsp3) is 0.667. The summed E-state index contributed by atoms with van der Waals surface area (Å²) in [6.07, 6.45) is 5.33. The van der Waals surface area contributed by atoms with E-state index in [0.717, 1.165) is 63.4 Å². The number of H-pyrrole nitrogens is 1. The number of rotatable bonds is 3. The third-order valence-corrected chi connectivity index (χ3v) is 5.63. The first kappa shape index (κ1) is 17.2. The molecule has 0 aliphatic carbocycles. The van der Waals surface area contributed by atoms with E-state index in [-0.39, 0.29) is 5.92 Å². The third-order valence-electron chi connectivity index (χ3n) is 5.63. The van der Waals surface area contributed by atoms with E-state index in [0.29, 0.717) is 17.6 Å². The Hall–Kier alpha value is -2.22. The second kappa shape index (κ2) is 7.19. The molecular weight excluding hydrogens is 330 g/mol. The van der Waals surface area contributed by atoms with Crippen LogP contribution in [-0.2, 0) is 4.79 Å². The number of piperidine rings is 1. The summed E-state index contributed by atoms with van der Waals surface area (Å²) < 4.78 is 0. The molecular formula is C18H27N7O. The van der Waals surface area contributed by atoms with E-state index in [1.165, 1.54) is 0 Å². The average Bonchev–Trinajstić information content (AvgIpc) is 3.16. The molecule has 2 aliphatic heterocycles. The largest absolute Gasteiger partial charge is 0.351 e. The van der Waals surface area contributed by atoms with Crippen LogP contribution < -0.4 is 4.90 Å². The number of fused-ring (bicyclic) bond motifs is 1. The summed E-state index contributed by atoms with van der Waals surface area (Å²) in [5.41, 5.74) is 1.55. The van der Waals surface area contributed by atoms with Crippen LogP contribution in [0.4, 0.5) is 5.82 Å². The summed E-state index contributed by atoms with van der Waals surface area (Å²) in [6, 6.07) is 0.511. The van der Waals surface area contributed by atoms with Crippen molar-refractivity contribution in [1.82, 2.24) is 29.7 Å². The Morgan fingerprint density at radius 3 is 2.73 bits per heavy atom. The molecule has 1 unspecified atom stereocenters. The van der Waals surface area contributed by atoms with E-state index in [1.54, 1.807) is 12.7 Å². The Bertz CT molecular complexity index is 766. The van der Waals surface area contributed by atoms with Gasteiger partial charge in [-0.3, -0.25) is 4.79 Å². The zero-order chi connectivity index (χ0) is 18.1. The smallest absolute Gasteiger partial charge is 0.227 e. The van der Waals surface area contributed by atoms with Crippen molar-refractivity contribution in [2.75, 3.05) is 44.2 Å². The van der Waals surface area contributed by atoms with Crippen molar-refractivity contribution in [2.24, 2.45) is 5.92 Å². The van der Waals surface area contributed by atoms with Gasteiger partial charge in [0.1, 0.15) is 11.8 Å². The predicted molar refractivity (Wildman–Crippen MR) is 99.9 cm³/mol. The number of amides is 1. The van der Waals surface area contributed by atoms with Gasteiger partial charge in [-0.15, -0.1) is 0 Å². The molecule has 2 saturated heterocycles. The molecule has 1 atom stereocenters. The lowest BCUT2D eigenvalue weighted by molar-refractivity contribution is -0.137. The number of hydrogen-bond acceptors (Lipinski definition) is 6. The number of piperazine rings is 1. The molecule has 4 heterocycles. The van der Waals surface area contributed by atoms with Gasteiger partial charge in [0.2, 0.25) is 5.91 Å². The standard InChI is InChI=1S/C18H27N7O/c1-13(2)25-5-3-4-14(10-25)18(26)24-8-6-23(7-9-24)17-15-16(20-11-19-15)21-12-22-17/h11-14H,3-10H2,1-2H3,(H,19,20,21,22). The van der Waals surface area contributed by atoms with Crippen LogP contribution in [0.15, 0.2) is 12.7 Å². The van der Waals surface area contributed by atoms with Crippen molar-refractivity contribution in [3.63, 3.8) is 0 Å². The van der Waals surface area contributed by atoms with Crippen LogP contribution in [0, 0.1) is 5.92 Å². The van der Waals surface area contributed by atoms with E-state index < -0.39 is 0 Å². The predicted octanol–water partition coefficient (Wildman–Crippen LogP) is 1.12. The van der Waals surface area contributed by atoms with E-state index in [1.807, 2.05) is 4.90 Å². The maximum atomic E-state index is 13.0. The van der Waals surface area contributed by atoms with Crippen molar-refractivity contribution < 1.29 is 4.79 Å². The molecule has 140 valence electrons. The number of carbonyl (C=O) groups is 1. The van der Waals surface area contributed by atoms with Gasteiger partial charge in [0.05, 0.1) is 12.2 Å². The van der Waals surface area contributed by atoms with Gasteiger partial charge in [0.25, 0.3) is 0 Å². The Balaban J connectivity index is 1.39. The van der Waals surface area contributed by atoms with Gasteiger partial charge in [-0.2, -0.15) is 0 Å². The summed E-state index contributed by atoms with van der Waals surface area (Å²) in [6.45, 7) is 9.51. The SMILES string of the molecule is CC(C)N1CCCC(C(=O)N2CCN(c3ncnc4nc[nH]c34)CC2)C1. The number of nitrogens with zero attached hydrogens (tertiary/aromatic N) is 6. The summed E-state index contributed by atoms with van der Waals surface area (Å²) >= 11 is 0. The van der Waals surface area contributed by atoms with Crippen molar-refractivity contribution in [3.8, 4) is 0 Å². The number of hydrogen-bond donors (Lipinski definition) is 1. The first-order valence-corrected chi connectivity index (χ1v) is 9.55. The van der Waals surface area contributed by atoms with Crippen molar-refractivity contribution in [1.29, 1.82) is 0 Å². The van der Waals surface area contributed by atoms with Crippen molar-refractivity contribution in [3.05, 3.63) is 12.7 Å². The number of nitrogens with one attached hydrogen (secondary N) is 1. The molecule has 0 radical (unpaired) electrons. The minimum Gasteiger partial charge on any atom is -0.351 e. The van der Waals surface area contributed by atoms with Crippen LogP contribution >= 0.6 is 0 Å². The molecule has 0 saturated carbocycles. The van der Waals surface area contributed by atoms with Gasteiger partial charge in [0, 0.05) is 38.8 Å². The number of likely N-dealkylation sites (tertiary alicyclic amines) is 1. The van der Waals surface area contributed by atoms with E-state index >= 15 is 0 Å². The molecule has 2 aliphatic rings. The van der Waals surface area contributed by atoms with Crippen LogP contribution in [0.3, 0.4) is 0 Å². The normalized spacial score (nSPS) is 22.3. The maximum Gasteiger partial charge on any atom is 0.227 e. The van der Waals surface area contributed by atoms with Gasteiger partial charge < -0.3 is 19.7 Å². The van der Waals surface area contributed by atoms with Crippen molar-refractivity contribution >= 4 is 22.9 Å². The van der Waals surface area contributed by atoms with Gasteiger partial charge >= 0.3 is 0 Å². The Labute approximate surface area is 153 Å². The lowest BCUT2D eigenvalue weighted by atomic mass is 9.95. The number of aromatic nitrogens is 4. The fourth-order valence-electron chi connectivity index (χ4n) is 4.07. The molecule has 0 bridgehead atoms.